The fourth-order valence-corrected chi connectivity index (χ4v) is 4.22. The smallest absolute Gasteiger partial charge is 0.303 e. The van der Waals surface area contributed by atoms with Gasteiger partial charge in [0.25, 0.3) is 0 Å². The second-order valence-corrected chi connectivity index (χ2v) is 7.98. The predicted molar refractivity (Wildman–Crippen MR) is 113 cm³/mol. The molecule has 29 heavy (non-hydrogen) atoms. The summed E-state index contributed by atoms with van der Waals surface area (Å²) in [5, 5.41) is 0. The maximum absolute atomic E-state index is 11.9. The minimum Gasteiger partial charge on any atom is -0.457 e. The number of thioether (sulfide) groups is 1. The first-order chi connectivity index (χ1) is 14.1. The van der Waals surface area contributed by atoms with Gasteiger partial charge in [0.2, 0.25) is 0 Å². The molecule has 0 saturated carbocycles. The average Bonchev–Trinajstić information content (AvgIpc) is 2.73. The molecule has 1 aliphatic rings. The Labute approximate surface area is 176 Å². The Balaban J connectivity index is 1.76. The molecule has 0 amide bonds. The van der Waals surface area contributed by atoms with Gasteiger partial charge < -0.3 is 18.9 Å². The molecule has 0 aliphatic carbocycles. The molecule has 1 fully saturated rings. The molecule has 0 aromatic heterocycles. The summed E-state index contributed by atoms with van der Waals surface area (Å²) in [5.74, 6) is -0.356. The number of benzene rings is 2. The quantitative estimate of drug-likeness (QED) is 0.601. The van der Waals surface area contributed by atoms with Crippen LogP contribution in [0.25, 0.3) is 0 Å². The van der Waals surface area contributed by atoms with Crippen LogP contribution in [0.4, 0.5) is 0 Å². The maximum atomic E-state index is 11.9. The molecule has 1 aliphatic heterocycles. The molecular formula is C23H28O5S. The van der Waals surface area contributed by atoms with E-state index in [4.69, 9.17) is 18.9 Å². The molecule has 3 rings (SSSR count). The third-order valence-corrected chi connectivity index (χ3v) is 5.68. The summed E-state index contributed by atoms with van der Waals surface area (Å²) in [5.41, 5.74) is 1.85. The van der Waals surface area contributed by atoms with Crippen LogP contribution >= 0.6 is 11.8 Å². The number of carbonyl (C=O) groups excluding carboxylic acids is 1. The first-order valence-electron chi connectivity index (χ1n) is 9.75. The number of rotatable bonds is 8. The SMILES string of the molecule is CS[C@@H]1O[C@@H](C)[C@H](OCc2ccccc2)[C@@H](OC(C)=O)[C@H]1OCc1ccccc1. The number of carbonyl (C=O) groups is 1. The number of hydrogen-bond donors (Lipinski definition) is 0. The van der Waals surface area contributed by atoms with Gasteiger partial charge >= 0.3 is 5.97 Å². The lowest BCUT2D eigenvalue weighted by Crippen LogP contribution is -2.58. The summed E-state index contributed by atoms with van der Waals surface area (Å²) in [6.07, 6.45) is 0.305. The van der Waals surface area contributed by atoms with Gasteiger partial charge in [-0.2, -0.15) is 0 Å². The molecule has 0 unspecified atom stereocenters. The Kier molecular flexibility index (Phi) is 8.12. The van der Waals surface area contributed by atoms with E-state index >= 15 is 0 Å². The van der Waals surface area contributed by atoms with E-state index in [1.54, 1.807) is 11.8 Å². The van der Waals surface area contributed by atoms with Crippen LogP contribution in [0, 0.1) is 0 Å². The standard InChI is InChI=1S/C23H28O5S/c1-16-20(25-14-18-10-6-4-7-11-18)21(28-17(2)24)22(23(27-16)29-3)26-15-19-12-8-5-9-13-19/h4-13,16,20-23H,14-15H2,1-3H3/t16-,20-,21+,22+,23-/m0/s1. The summed E-state index contributed by atoms with van der Waals surface area (Å²) >= 11 is 1.55. The second-order valence-electron chi connectivity index (χ2n) is 7.04. The largest absolute Gasteiger partial charge is 0.457 e. The van der Waals surface area contributed by atoms with Crippen molar-refractivity contribution in [3.05, 3.63) is 71.8 Å². The van der Waals surface area contributed by atoms with Crippen molar-refractivity contribution in [1.82, 2.24) is 0 Å². The van der Waals surface area contributed by atoms with Crippen LogP contribution in [-0.2, 0) is 37.0 Å². The fraction of sp³-hybridized carbons (Fsp3) is 0.435. The molecular weight excluding hydrogens is 388 g/mol. The zero-order chi connectivity index (χ0) is 20.6. The van der Waals surface area contributed by atoms with E-state index in [-0.39, 0.29) is 17.5 Å². The highest BCUT2D eigenvalue weighted by Crippen LogP contribution is 2.33. The molecule has 0 radical (unpaired) electrons. The van der Waals surface area contributed by atoms with Crippen LogP contribution < -0.4 is 0 Å². The van der Waals surface area contributed by atoms with Crippen LogP contribution in [0.15, 0.2) is 60.7 Å². The van der Waals surface area contributed by atoms with Crippen LogP contribution in [0.2, 0.25) is 0 Å². The molecule has 1 heterocycles. The fourth-order valence-electron chi connectivity index (χ4n) is 3.43. The van der Waals surface area contributed by atoms with Gasteiger partial charge in [-0.3, -0.25) is 4.79 Å². The van der Waals surface area contributed by atoms with Crippen molar-refractivity contribution in [1.29, 1.82) is 0 Å². The monoisotopic (exact) mass is 416 g/mol. The lowest BCUT2D eigenvalue weighted by Gasteiger charge is -2.44. The zero-order valence-electron chi connectivity index (χ0n) is 17.0. The summed E-state index contributed by atoms with van der Waals surface area (Å²) in [6, 6.07) is 19.8. The molecule has 1 saturated heterocycles. The van der Waals surface area contributed by atoms with Crippen molar-refractivity contribution in [3.63, 3.8) is 0 Å². The number of hydrogen-bond acceptors (Lipinski definition) is 6. The van der Waals surface area contributed by atoms with Crippen molar-refractivity contribution in [3.8, 4) is 0 Å². The van der Waals surface area contributed by atoms with Gasteiger partial charge in [-0.1, -0.05) is 60.7 Å². The molecule has 5 nitrogen and oxygen atoms in total. The van der Waals surface area contributed by atoms with Gasteiger partial charge in [0.1, 0.15) is 17.6 Å². The van der Waals surface area contributed by atoms with Crippen molar-refractivity contribution in [2.75, 3.05) is 6.26 Å². The Hall–Kier alpha value is -1.86. The Morgan fingerprint density at radius 3 is 1.90 bits per heavy atom. The molecule has 0 N–H and O–H groups in total. The van der Waals surface area contributed by atoms with Crippen molar-refractivity contribution >= 4 is 17.7 Å². The molecule has 2 aromatic rings. The van der Waals surface area contributed by atoms with Gasteiger partial charge in [0, 0.05) is 6.92 Å². The minimum atomic E-state index is -0.555. The predicted octanol–water partition coefficient (Wildman–Crippen LogP) is 4.20. The van der Waals surface area contributed by atoms with E-state index in [0.29, 0.717) is 13.2 Å². The van der Waals surface area contributed by atoms with Crippen molar-refractivity contribution in [2.24, 2.45) is 0 Å². The van der Waals surface area contributed by atoms with E-state index in [9.17, 15) is 4.79 Å². The number of ether oxygens (including phenoxy) is 4. The first-order valence-corrected chi connectivity index (χ1v) is 11.0. The molecule has 2 aromatic carbocycles. The lowest BCUT2D eigenvalue weighted by molar-refractivity contribution is -0.236. The van der Waals surface area contributed by atoms with E-state index in [2.05, 4.69) is 0 Å². The Morgan fingerprint density at radius 2 is 1.41 bits per heavy atom. The normalized spacial score (nSPS) is 26.8. The highest BCUT2D eigenvalue weighted by atomic mass is 32.2. The van der Waals surface area contributed by atoms with Crippen molar-refractivity contribution < 1.29 is 23.7 Å². The second kappa shape index (κ2) is 10.8. The first kappa shape index (κ1) is 21.8. The maximum Gasteiger partial charge on any atom is 0.303 e. The zero-order valence-corrected chi connectivity index (χ0v) is 17.8. The van der Waals surface area contributed by atoms with Gasteiger partial charge in [-0.25, -0.2) is 0 Å². The summed E-state index contributed by atoms with van der Waals surface area (Å²) in [6.45, 7) is 4.18. The van der Waals surface area contributed by atoms with Gasteiger partial charge in [0.15, 0.2) is 6.10 Å². The Bertz CT molecular complexity index is 754. The van der Waals surface area contributed by atoms with E-state index in [1.807, 2.05) is 73.8 Å². The number of esters is 1. The topological polar surface area (TPSA) is 54.0 Å². The third kappa shape index (κ3) is 6.06. The van der Waals surface area contributed by atoms with Crippen LogP contribution in [-0.4, -0.2) is 42.1 Å². The van der Waals surface area contributed by atoms with E-state index < -0.39 is 18.3 Å². The molecule has 0 bridgehead atoms. The van der Waals surface area contributed by atoms with E-state index in [0.717, 1.165) is 11.1 Å². The summed E-state index contributed by atoms with van der Waals surface area (Å²) < 4.78 is 24.3. The lowest BCUT2D eigenvalue weighted by atomic mass is 9.99. The van der Waals surface area contributed by atoms with Gasteiger partial charge in [0.05, 0.1) is 19.3 Å². The van der Waals surface area contributed by atoms with Crippen LogP contribution in [0.3, 0.4) is 0 Å². The van der Waals surface area contributed by atoms with Gasteiger partial charge in [-0.15, -0.1) is 11.8 Å². The molecule has 6 heteroatoms. The molecule has 5 atom stereocenters. The average molecular weight is 417 g/mol. The minimum absolute atomic E-state index is 0.239. The Morgan fingerprint density at radius 1 is 0.897 bits per heavy atom. The van der Waals surface area contributed by atoms with Crippen molar-refractivity contribution in [2.45, 2.75) is 56.9 Å². The van der Waals surface area contributed by atoms with E-state index in [1.165, 1.54) is 6.92 Å². The molecule has 0 spiro atoms. The highest BCUT2D eigenvalue weighted by Gasteiger charge is 2.47. The summed E-state index contributed by atoms with van der Waals surface area (Å²) in [7, 11) is 0. The van der Waals surface area contributed by atoms with Gasteiger partial charge in [-0.05, 0) is 24.3 Å². The van der Waals surface area contributed by atoms with Crippen LogP contribution in [0.5, 0.6) is 0 Å². The summed E-state index contributed by atoms with van der Waals surface area (Å²) in [4.78, 5) is 11.9. The molecule has 156 valence electrons. The van der Waals surface area contributed by atoms with Crippen LogP contribution in [0.1, 0.15) is 25.0 Å². The highest BCUT2D eigenvalue weighted by molar-refractivity contribution is 7.99. The third-order valence-electron chi connectivity index (χ3n) is 4.83.